The van der Waals surface area contributed by atoms with Crippen LogP contribution in [0.1, 0.15) is 24.2 Å². The number of rotatable bonds is 5. The maximum absolute atomic E-state index is 6.19. The van der Waals surface area contributed by atoms with E-state index in [0.717, 1.165) is 24.2 Å². The Morgan fingerprint density at radius 2 is 2.16 bits per heavy atom. The first-order valence-electron chi connectivity index (χ1n) is 6.13. The van der Waals surface area contributed by atoms with Crippen molar-refractivity contribution < 1.29 is 0 Å². The van der Waals surface area contributed by atoms with Crippen LogP contribution in [0.4, 0.5) is 0 Å². The lowest BCUT2D eigenvalue weighted by Crippen LogP contribution is -2.20. The number of halogens is 2. The lowest BCUT2D eigenvalue weighted by molar-refractivity contribution is 0.575. The van der Waals surface area contributed by atoms with Crippen molar-refractivity contribution in [3.05, 3.63) is 46.0 Å². The van der Waals surface area contributed by atoms with Gasteiger partial charge in [0.25, 0.3) is 0 Å². The van der Waals surface area contributed by atoms with Crippen LogP contribution in [0.2, 0.25) is 10.0 Å². The van der Waals surface area contributed by atoms with E-state index in [1.165, 1.54) is 0 Å². The molecule has 0 saturated carbocycles. The van der Waals surface area contributed by atoms with Crippen LogP contribution in [-0.2, 0) is 13.0 Å². The van der Waals surface area contributed by atoms with Gasteiger partial charge in [0.05, 0.1) is 28.0 Å². The van der Waals surface area contributed by atoms with Crippen molar-refractivity contribution in [1.82, 2.24) is 20.1 Å². The summed E-state index contributed by atoms with van der Waals surface area (Å²) in [7, 11) is 1.89. The third-order valence-corrected chi connectivity index (χ3v) is 3.47. The molecule has 1 N–H and O–H groups in total. The molecule has 0 fully saturated rings. The predicted octanol–water partition coefficient (Wildman–Crippen LogP) is 3.11. The lowest BCUT2D eigenvalue weighted by Gasteiger charge is -2.16. The molecule has 0 spiro atoms. The summed E-state index contributed by atoms with van der Waals surface area (Å²) in [5.41, 5.74) is 1.95. The molecule has 0 aliphatic carbocycles. The molecule has 4 nitrogen and oxygen atoms in total. The van der Waals surface area contributed by atoms with Crippen LogP contribution in [0.25, 0.3) is 0 Å². The molecule has 2 aromatic rings. The molecule has 0 radical (unpaired) electrons. The predicted molar refractivity (Wildman–Crippen MR) is 77.7 cm³/mol. The number of aromatic nitrogens is 3. The fourth-order valence-corrected chi connectivity index (χ4v) is 2.45. The molecule has 102 valence electrons. The molecule has 2 rings (SSSR count). The zero-order valence-electron chi connectivity index (χ0n) is 10.9. The van der Waals surface area contributed by atoms with Crippen LogP contribution < -0.4 is 5.32 Å². The smallest absolute Gasteiger partial charge is 0.0763 e. The normalized spacial score (nSPS) is 12.6. The van der Waals surface area contributed by atoms with Gasteiger partial charge in [0.2, 0.25) is 0 Å². The minimum atomic E-state index is 0.0410. The molecule has 0 bridgehead atoms. The Bertz CT molecular complexity index is 553. The molecule has 0 aromatic carbocycles. The number of pyridine rings is 1. The number of hydrogen-bond acceptors (Lipinski definition) is 3. The lowest BCUT2D eigenvalue weighted by atomic mass is 10.1. The second-order valence-corrected chi connectivity index (χ2v) is 5.11. The summed E-state index contributed by atoms with van der Waals surface area (Å²) >= 11 is 12.1. The Morgan fingerprint density at radius 3 is 2.74 bits per heavy atom. The van der Waals surface area contributed by atoms with Crippen molar-refractivity contribution in [2.24, 2.45) is 0 Å². The standard InChI is InChI=1S/C13H16Cl2N4/c1-3-19-8-9(6-18-19)4-12(16-2)13-11(15)5-10(14)7-17-13/h5-8,12,16H,3-4H2,1-2H3. The highest BCUT2D eigenvalue weighted by atomic mass is 35.5. The maximum atomic E-state index is 6.19. The van der Waals surface area contributed by atoms with Crippen LogP contribution in [0, 0.1) is 0 Å². The van der Waals surface area contributed by atoms with Crippen LogP contribution in [0.3, 0.4) is 0 Å². The Kier molecular flexibility index (Phi) is 4.80. The zero-order chi connectivity index (χ0) is 13.8. The van der Waals surface area contributed by atoms with Gasteiger partial charge >= 0.3 is 0 Å². The molecule has 1 unspecified atom stereocenters. The average molecular weight is 299 g/mol. The third kappa shape index (κ3) is 3.47. The fourth-order valence-electron chi connectivity index (χ4n) is 1.94. The summed E-state index contributed by atoms with van der Waals surface area (Å²) in [5, 5.41) is 8.62. The molecule has 19 heavy (non-hydrogen) atoms. The molecule has 6 heteroatoms. The highest BCUT2D eigenvalue weighted by Gasteiger charge is 2.16. The van der Waals surface area contributed by atoms with Gasteiger partial charge < -0.3 is 5.32 Å². The number of hydrogen-bond donors (Lipinski definition) is 1. The Morgan fingerprint density at radius 1 is 1.37 bits per heavy atom. The van der Waals surface area contributed by atoms with E-state index in [2.05, 4.69) is 22.3 Å². The second-order valence-electron chi connectivity index (χ2n) is 4.27. The van der Waals surface area contributed by atoms with Crippen molar-refractivity contribution in [3.63, 3.8) is 0 Å². The van der Waals surface area contributed by atoms with Gasteiger partial charge in [-0.2, -0.15) is 5.10 Å². The molecular weight excluding hydrogens is 283 g/mol. The van der Waals surface area contributed by atoms with E-state index in [1.54, 1.807) is 12.3 Å². The largest absolute Gasteiger partial charge is 0.311 e. The second kappa shape index (κ2) is 6.37. The Labute approximate surface area is 122 Å². The van der Waals surface area contributed by atoms with E-state index < -0.39 is 0 Å². The van der Waals surface area contributed by atoms with Crippen LogP contribution in [0.5, 0.6) is 0 Å². The van der Waals surface area contributed by atoms with Crippen molar-refractivity contribution in [2.45, 2.75) is 25.9 Å². The number of likely N-dealkylation sites (N-methyl/N-ethyl adjacent to an activating group) is 1. The van der Waals surface area contributed by atoms with Gasteiger partial charge in [-0.15, -0.1) is 0 Å². The van der Waals surface area contributed by atoms with Gasteiger partial charge in [0, 0.05) is 18.9 Å². The van der Waals surface area contributed by atoms with Gasteiger partial charge in [-0.25, -0.2) is 0 Å². The summed E-state index contributed by atoms with van der Waals surface area (Å²) in [6.45, 7) is 2.92. The van der Waals surface area contributed by atoms with Gasteiger partial charge in [0.15, 0.2) is 0 Å². The topological polar surface area (TPSA) is 42.7 Å². The summed E-state index contributed by atoms with van der Waals surface area (Å²) in [6.07, 6.45) is 6.30. The van der Waals surface area contributed by atoms with Crippen LogP contribution >= 0.6 is 23.2 Å². The highest BCUT2D eigenvalue weighted by molar-refractivity contribution is 6.34. The molecule has 2 heterocycles. The van der Waals surface area contributed by atoms with Crippen molar-refractivity contribution in [2.75, 3.05) is 7.05 Å². The van der Waals surface area contributed by atoms with E-state index in [9.17, 15) is 0 Å². The van der Waals surface area contributed by atoms with E-state index in [-0.39, 0.29) is 6.04 Å². The van der Waals surface area contributed by atoms with Crippen molar-refractivity contribution in [1.29, 1.82) is 0 Å². The molecule has 1 atom stereocenters. The van der Waals surface area contributed by atoms with Crippen LogP contribution in [-0.4, -0.2) is 21.8 Å². The quantitative estimate of drug-likeness (QED) is 0.922. The minimum absolute atomic E-state index is 0.0410. The first kappa shape index (κ1) is 14.3. The van der Waals surface area contributed by atoms with Gasteiger partial charge in [-0.1, -0.05) is 23.2 Å². The summed E-state index contributed by atoms with van der Waals surface area (Å²) in [6, 6.07) is 1.75. The Balaban J connectivity index is 2.19. The van der Waals surface area contributed by atoms with Gasteiger partial charge in [0.1, 0.15) is 0 Å². The number of aryl methyl sites for hydroxylation is 1. The van der Waals surface area contributed by atoms with E-state index in [0.29, 0.717) is 10.0 Å². The maximum Gasteiger partial charge on any atom is 0.0763 e. The van der Waals surface area contributed by atoms with Crippen LogP contribution in [0.15, 0.2) is 24.7 Å². The molecular formula is C13H16Cl2N4. The number of nitrogens with zero attached hydrogens (tertiary/aromatic N) is 3. The van der Waals surface area contributed by atoms with Gasteiger partial charge in [-0.05, 0) is 32.0 Å². The van der Waals surface area contributed by atoms with Gasteiger partial charge in [-0.3, -0.25) is 9.67 Å². The van der Waals surface area contributed by atoms with E-state index in [4.69, 9.17) is 23.2 Å². The van der Waals surface area contributed by atoms with Crippen molar-refractivity contribution >= 4 is 23.2 Å². The molecule has 0 saturated heterocycles. The fraction of sp³-hybridized carbons (Fsp3) is 0.385. The molecule has 0 aliphatic heterocycles. The monoisotopic (exact) mass is 298 g/mol. The first-order chi connectivity index (χ1) is 9.13. The van der Waals surface area contributed by atoms with E-state index in [1.807, 2.05) is 24.1 Å². The highest BCUT2D eigenvalue weighted by Crippen LogP contribution is 2.25. The van der Waals surface area contributed by atoms with E-state index >= 15 is 0 Å². The first-order valence-corrected chi connectivity index (χ1v) is 6.89. The van der Waals surface area contributed by atoms with Crippen molar-refractivity contribution in [3.8, 4) is 0 Å². The average Bonchev–Trinajstić information content (AvgIpc) is 2.84. The SMILES string of the molecule is CCn1cc(CC(NC)c2ncc(Cl)cc2Cl)cn1. The Hall–Kier alpha value is -1.10. The summed E-state index contributed by atoms with van der Waals surface area (Å²) in [4.78, 5) is 4.32. The summed E-state index contributed by atoms with van der Waals surface area (Å²) in [5.74, 6) is 0. The number of nitrogens with one attached hydrogen (secondary N) is 1. The molecule has 0 aliphatic rings. The molecule has 2 aromatic heterocycles. The summed E-state index contributed by atoms with van der Waals surface area (Å²) < 4.78 is 1.90. The minimum Gasteiger partial charge on any atom is -0.311 e. The zero-order valence-corrected chi connectivity index (χ0v) is 12.4. The molecule has 0 amide bonds. The third-order valence-electron chi connectivity index (χ3n) is 2.97.